The molecular weight excluding hydrogens is 353 g/mol. The molecule has 0 unspecified atom stereocenters. The van der Waals surface area contributed by atoms with Gasteiger partial charge in [-0.15, -0.1) is 10.2 Å². The molecule has 8 heteroatoms. The monoisotopic (exact) mass is 364 g/mol. The van der Waals surface area contributed by atoms with Crippen molar-refractivity contribution in [3.8, 4) is 10.6 Å². The maximum atomic E-state index is 12.6. The molecular formula is C14H12ClF3N2S2. The molecule has 1 aromatic heterocycles. The molecule has 2 aromatic rings. The molecule has 118 valence electrons. The fourth-order valence-corrected chi connectivity index (χ4v) is 3.67. The van der Waals surface area contributed by atoms with Gasteiger partial charge in [-0.05, 0) is 25.0 Å². The van der Waals surface area contributed by atoms with E-state index in [1.165, 1.54) is 23.1 Å². The zero-order valence-electron chi connectivity index (χ0n) is 11.4. The summed E-state index contributed by atoms with van der Waals surface area (Å²) in [5, 5.41) is 9.64. The van der Waals surface area contributed by atoms with Crippen molar-refractivity contribution in [2.45, 2.75) is 23.6 Å². The maximum absolute atomic E-state index is 12.6. The Morgan fingerprint density at radius 1 is 1.09 bits per heavy atom. The zero-order valence-corrected chi connectivity index (χ0v) is 13.7. The van der Waals surface area contributed by atoms with Crippen molar-refractivity contribution in [3.05, 3.63) is 41.2 Å². The summed E-state index contributed by atoms with van der Waals surface area (Å²) in [6.45, 7) is 0. The van der Waals surface area contributed by atoms with Gasteiger partial charge in [-0.2, -0.15) is 8.78 Å². The Morgan fingerprint density at radius 3 is 2.50 bits per heavy atom. The smallest absolute Gasteiger partial charge is 0.206 e. The summed E-state index contributed by atoms with van der Waals surface area (Å²) in [6, 6.07) is 7.32. The quantitative estimate of drug-likeness (QED) is 0.432. The number of benzene rings is 1. The van der Waals surface area contributed by atoms with E-state index in [0.717, 1.165) is 14.9 Å². The molecule has 22 heavy (non-hydrogen) atoms. The first-order valence-corrected chi connectivity index (χ1v) is 8.66. The molecule has 1 aromatic carbocycles. The summed E-state index contributed by atoms with van der Waals surface area (Å²) < 4.78 is 37.1. The van der Waals surface area contributed by atoms with Crippen LogP contribution in [0, 0.1) is 0 Å². The van der Waals surface area contributed by atoms with Gasteiger partial charge >= 0.3 is 6.08 Å². The van der Waals surface area contributed by atoms with E-state index in [0.29, 0.717) is 23.6 Å². The first kappa shape index (κ1) is 17.3. The minimum absolute atomic E-state index is 0.213. The lowest BCUT2D eigenvalue weighted by molar-refractivity contribution is 0.368. The largest absolute Gasteiger partial charge is 0.301 e. The molecule has 0 aliphatic rings. The topological polar surface area (TPSA) is 25.8 Å². The van der Waals surface area contributed by atoms with Crippen LogP contribution in [0.1, 0.15) is 19.3 Å². The van der Waals surface area contributed by atoms with Gasteiger partial charge in [-0.1, -0.05) is 46.8 Å². The SMILES string of the molecule is FC(F)=C(F)CCCCSc1nnc(-c2ccc(Cl)cc2)s1. The van der Waals surface area contributed by atoms with Crippen LogP contribution in [0.4, 0.5) is 13.2 Å². The predicted octanol–water partition coefficient (Wildman–Crippen LogP) is 6.20. The van der Waals surface area contributed by atoms with Crippen LogP contribution in [0.3, 0.4) is 0 Å². The van der Waals surface area contributed by atoms with Crippen molar-refractivity contribution in [3.63, 3.8) is 0 Å². The molecule has 0 bridgehead atoms. The first-order chi connectivity index (χ1) is 10.6. The van der Waals surface area contributed by atoms with Crippen LogP contribution in [-0.4, -0.2) is 16.0 Å². The molecule has 0 N–H and O–H groups in total. The van der Waals surface area contributed by atoms with Gasteiger partial charge in [0.25, 0.3) is 0 Å². The van der Waals surface area contributed by atoms with Gasteiger partial charge in [0, 0.05) is 22.8 Å². The highest BCUT2D eigenvalue weighted by Gasteiger charge is 2.08. The highest BCUT2D eigenvalue weighted by atomic mass is 35.5. The standard InChI is InChI=1S/C14H12ClF3N2S2/c15-10-6-4-9(5-7-10)13-19-20-14(22-13)21-8-2-1-3-11(16)12(17)18/h4-7H,1-3,8H2. The van der Waals surface area contributed by atoms with Crippen molar-refractivity contribution >= 4 is 34.7 Å². The van der Waals surface area contributed by atoms with E-state index in [4.69, 9.17) is 11.6 Å². The van der Waals surface area contributed by atoms with Gasteiger partial charge < -0.3 is 0 Å². The van der Waals surface area contributed by atoms with Gasteiger partial charge in [-0.25, -0.2) is 4.39 Å². The Kier molecular flexibility index (Phi) is 6.72. The minimum atomic E-state index is -2.22. The van der Waals surface area contributed by atoms with Gasteiger partial charge in [0.1, 0.15) is 5.01 Å². The summed E-state index contributed by atoms with van der Waals surface area (Å²) in [4.78, 5) is 0. The number of unbranched alkanes of at least 4 members (excludes halogenated alkanes) is 1. The summed E-state index contributed by atoms with van der Waals surface area (Å²) in [6.07, 6.45) is -1.40. The number of thioether (sulfide) groups is 1. The second kappa shape index (κ2) is 8.55. The summed E-state index contributed by atoms with van der Waals surface area (Å²) >= 11 is 8.78. The Balaban J connectivity index is 1.78. The summed E-state index contributed by atoms with van der Waals surface area (Å²) in [5.74, 6) is -0.623. The molecule has 2 nitrogen and oxygen atoms in total. The fourth-order valence-electron chi connectivity index (χ4n) is 1.61. The van der Waals surface area contributed by atoms with Crippen LogP contribution < -0.4 is 0 Å². The second-order valence-electron chi connectivity index (χ2n) is 4.35. The van der Waals surface area contributed by atoms with Crippen molar-refractivity contribution in [2.24, 2.45) is 0 Å². The molecule has 0 aliphatic heterocycles. The van der Waals surface area contributed by atoms with Crippen molar-refractivity contribution in [1.82, 2.24) is 10.2 Å². The molecule has 1 heterocycles. The second-order valence-corrected chi connectivity index (χ2v) is 7.11. The number of hydrogen-bond acceptors (Lipinski definition) is 4. The van der Waals surface area contributed by atoms with Crippen LogP contribution in [0.25, 0.3) is 10.6 Å². The Bertz CT molecular complexity index is 640. The van der Waals surface area contributed by atoms with Crippen molar-refractivity contribution in [2.75, 3.05) is 5.75 Å². The van der Waals surface area contributed by atoms with Gasteiger partial charge in [0.15, 0.2) is 10.2 Å². The lowest BCUT2D eigenvalue weighted by Gasteiger charge is -1.97. The van der Waals surface area contributed by atoms with E-state index in [1.807, 2.05) is 12.1 Å². The Labute approximate surface area is 139 Å². The number of nitrogens with zero attached hydrogens (tertiary/aromatic N) is 2. The lowest BCUT2D eigenvalue weighted by atomic mass is 10.2. The van der Waals surface area contributed by atoms with Crippen LogP contribution in [-0.2, 0) is 0 Å². The first-order valence-electron chi connectivity index (χ1n) is 6.48. The number of hydrogen-bond donors (Lipinski definition) is 0. The zero-order chi connectivity index (χ0) is 15.9. The minimum Gasteiger partial charge on any atom is -0.206 e. The van der Waals surface area contributed by atoms with Crippen molar-refractivity contribution in [1.29, 1.82) is 0 Å². The molecule has 0 saturated carbocycles. The van der Waals surface area contributed by atoms with E-state index in [9.17, 15) is 13.2 Å². The molecule has 0 fully saturated rings. The van der Waals surface area contributed by atoms with Crippen LogP contribution in [0.2, 0.25) is 5.02 Å². The summed E-state index contributed by atoms with van der Waals surface area (Å²) in [7, 11) is 0. The van der Waals surface area contributed by atoms with Crippen LogP contribution in [0.15, 0.2) is 40.5 Å². The third-order valence-electron chi connectivity index (χ3n) is 2.72. The Morgan fingerprint density at radius 2 is 1.82 bits per heavy atom. The normalized spacial score (nSPS) is 10.7. The highest BCUT2D eigenvalue weighted by molar-refractivity contribution is 8.01. The molecule has 0 atom stereocenters. The molecule has 0 radical (unpaired) electrons. The fraction of sp³-hybridized carbons (Fsp3) is 0.286. The van der Waals surface area contributed by atoms with Gasteiger partial charge in [-0.3, -0.25) is 0 Å². The summed E-state index contributed by atoms with van der Waals surface area (Å²) in [5.41, 5.74) is 0.944. The van der Waals surface area contributed by atoms with Crippen LogP contribution >= 0.6 is 34.7 Å². The Hall–Kier alpha value is -1.05. The van der Waals surface area contributed by atoms with Crippen molar-refractivity contribution < 1.29 is 13.2 Å². The number of allylic oxidation sites excluding steroid dienone is 1. The van der Waals surface area contributed by atoms with E-state index in [-0.39, 0.29) is 6.42 Å². The van der Waals surface area contributed by atoms with Gasteiger partial charge in [0.2, 0.25) is 0 Å². The predicted molar refractivity (Wildman–Crippen MR) is 85.3 cm³/mol. The van der Waals surface area contributed by atoms with E-state index < -0.39 is 11.9 Å². The average Bonchev–Trinajstić information content (AvgIpc) is 2.96. The average molecular weight is 365 g/mol. The molecule has 0 spiro atoms. The van der Waals surface area contributed by atoms with E-state index in [1.54, 1.807) is 12.1 Å². The maximum Gasteiger partial charge on any atom is 0.301 e. The molecule has 2 rings (SSSR count). The number of rotatable bonds is 7. The number of halogens is 4. The lowest BCUT2D eigenvalue weighted by Crippen LogP contribution is -1.83. The molecule has 0 aliphatic carbocycles. The van der Waals surface area contributed by atoms with E-state index in [2.05, 4.69) is 10.2 Å². The highest BCUT2D eigenvalue weighted by Crippen LogP contribution is 2.30. The van der Waals surface area contributed by atoms with E-state index >= 15 is 0 Å². The number of aromatic nitrogens is 2. The third kappa shape index (κ3) is 5.30. The third-order valence-corrected chi connectivity index (χ3v) is 5.16. The van der Waals surface area contributed by atoms with Gasteiger partial charge in [0.05, 0.1) is 0 Å². The van der Waals surface area contributed by atoms with Crippen LogP contribution in [0.5, 0.6) is 0 Å². The molecule has 0 amide bonds. The molecule has 0 saturated heterocycles.